The lowest BCUT2D eigenvalue weighted by Crippen LogP contribution is -2.04. The van der Waals surface area contributed by atoms with Gasteiger partial charge in [-0.1, -0.05) is 17.7 Å². The van der Waals surface area contributed by atoms with Gasteiger partial charge in [0.1, 0.15) is 5.15 Å². The highest BCUT2D eigenvalue weighted by molar-refractivity contribution is 7.99. The molecule has 0 atom stereocenters. The molecule has 1 heterocycles. The van der Waals surface area contributed by atoms with E-state index in [-0.39, 0.29) is 5.15 Å². The van der Waals surface area contributed by atoms with Gasteiger partial charge in [-0.05, 0) is 43.0 Å². The third-order valence-corrected chi connectivity index (χ3v) is 3.22. The van der Waals surface area contributed by atoms with Gasteiger partial charge < -0.3 is 0 Å². The van der Waals surface area contributed by atoms with Crippen LogP contribution in [0.1, 0.15) is 11.3 Å². The van der Waals surface area contributed by atoms with Crippen LogP contribution < -0.4 is 0 Å². The molecule has 0 amide bonds. The molecular weight excluding hydrogens is 297 g/mol. The Morgan fingerprint density at radius 3 is 2.53 bits per heavy atom. The smallest absolute Gasteiger partial charge is 0.228 e. The molecule has 0 N–H and O–H groups in total. The second-order valence-electron chi connectivity index (χ2n) is 3.74. The Labute approximate surface area is 117 Å². The summed E-state index contributed by atoms with van der Waals surface area (Å²) in [5.41, 5.74) is -0.0364. The van der Waals surface area contributed by atoms with Crippen molar-refractivity contribution in [3.8, 4) is 0 Å². The maximum Gasteiger partial charge on any atom is 0.416 e. The number of nitrogens with zero attached hydrogens (tertiary/aromatic N) is 2. The Morgan fingerprint density at radius 1 is 1.16 bits per heavy atom. The highest BCUT2D eigenvalue weighted by atomic mass is 35.5. The maximum absolute atomic E-state index is 12.6. The van der Waals surface area contributed by atoms with Crippen molar-refractivity contribution < 1.29 is 13.2 Å². The lowest BCUT2D eigenvalue weighted by molar-refractivity contribution is -0.137. The highest BCUT2D eigenvalue weighted by Crippen LogP contribution is 2.33. The standard InChI is InChI=1S/C12H8ClF3N2S/c1-7-5-10(13)18-11(17-7)19-9-4-2-3-8(6-9)12(14,15)16/h2-6H,1H3. The Hall–Kier alpha value is -1.27. The molecular formula is C12H8ClF3N2S. The molecule has 2 nitrogen and oxygen atoms in total. The summed E-state index contributed by atoms with van der Waals surface area (Å²) in [4.78, 5) is 8.48. The minimum absolute atomic E-state index is 0.266. The van der Waals surface area contributed by atoms with Crippen molar-refractivity contribution in [2.24, 2.45) is 0 Å². The van der Waals surface area contributed by atoms with Crippen molar-refractivity contribution >= 4 is 23.4 Å². The molecule has 0 spiro atoms. The van der Waals surface area contributed by atoms with Crippen molar-refractivity contribution in [2.45, 2.75) is 23.2 Å². The first kappa shape index (κ1) is 14.1. The SMILES string of the molecule is Cc1cc(Cl)nc(Sc2cccc(C(F)(F)F)c2)n1. The van der Waals surface area contributed by atoms with Crippen LogP contribution in [0, 0.1) is 6.92 Å². The van der Waals surface area contributed by atoms with Crippen LogP contribution in [0.5, 0.6) is 0 Å². The molecule has 0 fully saturated rings. The molecule has 0 saturated carbocycles. The lowest BCUT2D eigenvalue weighted by Gasteiger charge is -2.08. The van der Waals surface area contributed by atoms with Crippen LogP contribution in [-0.4, -0.2) is 9.97 Å². The van der Waals surface area contributed by atoms with Gasteiger partial charge in [0.15, 0.2) is 5.16 Å². The van der Waals surface area contributed by atoms with Crippen LogP contribution in [0.25, 0.3) is 0 Å². The molecule has 19 heavy (non-hydrogen) atoms. The second-order valence-corrected chi connectivity index (χ2v) is 5.17. The first-order valence-corrected chi connectivity index (χ1v) is 6.40. The molecule has 2 aromatic rings. The summed E-state index contributed by atoms with van der Waals surface area (Å²) in [6, 6.07) is 6.58. The number of alkyl halides is 3. The third kappa shape index (κ3) is 3.84. The van der Waals surface area contributed by atoms with Gasteiger partial charge in [0, 0.05) is 10.6 Å². The monoisotopic (exact) mass is 304 g/mol. The summed E-state index contributed by atoms with van der Waals surface area (Å²) in [6.45, 7) is 1.74. The molecule has 0 unspecified atom stereocenters. The first-order chi connectivity index (χ1) is 8.84. The van der Waals surface area contributed by atoms with E-state index < -0.39 is 11.7 Å². The number of hydrogen-bond acceptors (Lipinski definition) is 3. The summed E-state index contributed by atoms with van der Waals surface area (Å²) in [5.74, 6) is 0. The van der Waals surface area contributed by atoms with Gasteiger partial charge in [-0.2, -0.15) is 13.2 Å². The van der Waals surface area contributed by atoms with E-state index in [4.69, 9.17) is 11.6 Å². The molecule has 0 radical (unpaired) electrons. The fourth-order valence-corrected chi connectivity index (χ4v) is 2.56. The summed E-state index contributed by atoms with van der Waals surface area (Å²) >= 11 is 6.82. The molecule has 0 saturated heterocycles. The van der Waals surface area contributed by atoms with Crippen LogP contribution in [0.3, 0.4) is 0 Å². The number of aromatic nitrogens is 2. The number of benzene rings is 1. The highest BCUT2D eigenvalue weighted by Gasteiger charge is 2.30. The van der Waals surface area contributed by atoms with Crippen LogP contribution in [-0.2, 0) is 6.18 Å². The summed E-state index contributed by atoms with van der Waals surface area (Å²) in [7, 11) is 0. The molecule has 0 aliphatic carbocycles. The molecule has 2 rings (SSSR count). The van der Waals surface area contributed by atoms with Crippen LogP contribution in [0.15, 0.2) is 40.4 Å². The summed E-state index contributed by atoms with van der Waals surface area (Å²) in [6.07, 6.45) is -4.36. The number of halogens is 4. The minimum Gasteiger partial charge on any atom is -0.228 e. The van der Waals surface area contributed by atoms with Gasteiger partial charge in [-0.25, -0.2) is 9.97 Å². The molecule has 0 aliphatic rings. The van der Waals surface area contributed by atoms with E-state index in [2.05, 4.69) is 9.97 Å². The van der Waals surface area contributed by atoms with Crippen molar-refractivity contribution in [1.29, 1.82) is 0 Å². The average Bonchev–Trinajstić information content (AvgIpc) is 2.26. The van der Waals surface area contributed by atoms with Gasteiger partial charge >= 0.3 is 6.18 Å². The molecule has 7 heteroatoms. The summed E-state index contributed by atoms with van der Waals surface area (Å²) in [5, 5.41) is 0.589. The van der Waals surface area contributed by atoms with Crippen molar-refractivity contribution in [3.63, 3.8) is 0 Å². The van der Waals surface area contributed by atoms with E-state index in [1.165, 1.54) is 6.07 Å². The Morgan fingerprint density at radius 2 is 1.89 bits per heavy atom. The lowest BCUT2D eigenvalue weighted by atomic mass is 10.2. The maximum atomic E-state index is 12.6. The van der Waals surface area contributed by atoms with E-state index in [9.17, 15) is 13.2 Å². The van der Waals surface area contributed by atoms with Crippen molar-refractivity contribution in [3.05, 3.63) is 46.7 Å². The fraction of sp³-hybridized carbons (Fsp3) is 0.167. The Balaban J connectivity index is 2.28. The van der Waals surface area contributed by atoms with Gasteiger partial charge in [0.25, 0.3) is 0 Å². The van der Waals surface area contributed by atoms with Crippen LogP contribution in [0.4, 0.5) is 13.2 Å². The molecule has 0 bridgehead atoms. The van der Waals surface area contributed by atoms with Gasteiger partial charge in [0.05, 0.1) is 5.56 Å². The van der Waals surface area contributed by atoms with Crippen molar-refractivity contribution in [2.75, 3.05) is 0 Å². The third-order valence-electron chi connectivity index (χ3n) is 2.17. The van der Waals surface area contributed by atoms with E-state index >= 15 is 0 Å². The van der Waals surface area contributed by atoms with Gasteiger partial charge in [-0.15, -0.1) is 0 Å². The molecule has 1 aromatic carbocycles. The first-order valence-electron chi connectivity index (χ1n) is 5.21. The zero-order chi connectivity index (χ0) is 14.0. The molecule has 100 valence electrons. The Kier molecular flexibility index (Phi) is 4.01. The van der Waals surface area contributed by atoms with Gasteiger partial charge in [-0.3, -0.25) is 0 Å². The fourth-order valence-electron chi connectivity index (χ4n) is 1.39. The normalized spacial score (nSPS) is 11.6. The topological polar surface area (TPSA) is 25.8 Å². The minimum atomic E-state index is -4.36. The molecule has 0 aliphatic heterocycles. The van der Waals surface area contributed by atoms with E-state index in [0.29, 0.717) is 15.7 Å². The zero-order valence-electron chi connectivity index (χ0n) is 9.70. The predicted octanol–water partition coefficient (Wildman–Crippen LogP) is 4.61. The van der Waals surface area contributed by atoms with Crippen molar-refractivity contribution in [1.82, 2.24) is 9.97 Å². The number of rotatable bonds is 2. The van der Waals surface area contributed by atoms with Crippen LogP contribution in [0.2, 0.25) is 5.15 Å². The van der Waals surface area contributed by atoms with E-state index in [1.54, 1.807) is 19.1 Å². The summed E-state index contributed by atoms with van der Waals surface area (Å²) < 4.78 is 37.7. The zero-order valence-corrected chi connectivity index (χ0v) is 11.3. The predicted molar refractivity (Wildman–Crippen MR) is 67.3 cm³/mol. The molecule has 1 aromatic heterocycles. The second kappa shape index (κ2) is 5.38. The largest absolute Gasteiger partial charge is 0.416 e. The number of hydrogen-bond donors (Lipinski definition) is 0. The van der Waals surface area contributed by atoms with E-state index in [0.717, 1.165) is 23.9 Å². The average molecular weight is 305 g/mol. The number of aryl methyl sites for hydroxylation is 1. The van der Waals surface area contributed by atoms with E-state index in [1.807, 2.05) is 0 Å². The quantitative estimate of drug-likeness (QED) is 0.598. The van der Waals surface area contributed by atoms with Gasteiger partial charge in [0.2, 0.25) is 0 Å². The Bertz CT molecular complexity index is 582. The van der Waals surface area contributed by atoms with Crippen LogP contribution >= 0.6 is 23.4 Å².